The number of carbonyl (C=O) groups is 1. The Morgan fingerprint density at radius 3 is 2.62 bits per heavy atom. The van der Waals surface area contributed by atoms with Crippen LogP contribution in [0.15, 0.2) is 54.9 Å². The van der Waals surface area contributed by atoms with E-state index in [2.05, 4.69) is 10.3 Å². The van der Waals surface area contributed by atoms with Gasteiger partial charge in [-0.3, -0.25) is 4.79 Å². The maximum Gasteiger partial charge on any atom is 0.251 e. The van der Waals surface area contributed by atoms with Gasteiger partial charge in [0.05, 0.1) is 11.6 Å². The van der Waals surface area contributed by atoms with E-state index in [1.165, 1.54) is 0 Å². The van der Waals surface area contributed by atoms with Crippen molar-refractivity contribution in [3.63, 3.8) is 0 Å². The minimum Gasteiger partial charge on any atom is -0.492 e. The second-order valence-electron chi connectivity index (χ2n) is 5.77. The van der Waals surface area contributed by atoms with E-state index in [1.807, 2.05) is 48.9 Å². The van der Waals surface area contributed by atoms with Gasteiger partial charge >= 0.3 is 0 Å². The molecule has 5 nitrogen and oxygen atoms in total. The number of amides is 1. The minimum absolute atomic E-state index is 0.176. The molecule has 1 heterocycles. The maximum absolute atomic E-state index is 12.3. The first-order chi connectivity index (χ1) is 12.6. The first-order valence-electron chi connectivity index (χ1n) is 8.38. The first kappa shape index (κ1) is 18.0. The summed E-state index contributed by atoms with van der Waals surface area (Å²) in [4.78, 5) is 16.5. The number of imidazole rings is 1. The van der Waals surface area contributed by atoms with Crippen molar-refractivity contribution in [2.75, 3.05) is 6.61 Å². The first-order valence-corrected chi connectivity index (χ1v) is 8.76. The predicted molar refractivity (Wildman–Crippen MR) is 102 cm³/mol. The lowest BCUT2D eigenvalue weighted by Gasteiger charge is -2.10. The predicted octanol–water partition coefficient (Wildman–Crippen LogP) is 4.16. The van der Waals surface area contributed by atoms with Crippen LogP contribution in [0.4, 0.5) is 0 Å². The normalized spacial score (nSPS) is 10.6. The third kappa shape index (κ3) is 4.06. The summed E-state index contributed by atoms with van der Waals surface area (Å²) >= 11 is 6.14. The van der Waals surface area contributed by atoms with Gasteiger partial charge in [0, 0.05) is 30.2 Å². The Balaban J connectivity index is 1.62. The molecule has 2 aromatic carbocycles. The molecule has 0 aliphatic carbocycles. The van der Waals surface area contributed by atoms with Gasteiger partial charge in [-0.2, -0.15) is 0 Å². The molecule has 0 aliphatic rings. The summed E-state index contributed by atoms with van der Waals surface area (Å²) in [6.07, 6.45) is 3.69. The van der Waals surface area contributed by atoms with Gasteiger partial charge in [-0.15, -0.1) is 0 Å². The number of ether oxygens (including phenoxy) is 1. The molecule has 0 aliphatic heterocycles. The molecule has 6 heteroatoms. The van der Waals surface area contributed by atoms with Crippen LogP contribution in [-0.2, 0) is 6.54 Å². The van der Waals surface area contributed by atoms with Crippen LogP contribution in [0.2, 0.25) is 5.02 Å². The van der Waals surface area contributed by atoms with E-state index in [1.54, 1.807) is 24.4 Å². The molecule has 1 amide bonds. The molecule has 3 aromatic rings. The summed E-state index contributed by atoms with van der Waals surface area (Å²) < 4.78 is 7.39. The molecular formula is C20H20ClN3O2. The molecule has 0 fully saturated rings. The minimum atomic E-state index is -0.176. The molecule has 1 N–H and O–H groups in total. The summed E-state index contributed by atoms with van der Waals surface area (Å²) in [5.74, 6) is 1.33. The summed E-state index contributed by atoms with van der Waals surface area (Å²) in [6.45, 7) is 4.80. The van der Waals surface area contributed by atoms with E-state index in [9.17, 15) is 4.79 Å². The van der Waals surface area contributed by atoms with Gasteiger partial charge in [0.2, 0.25) is 0 Å². The van der Waals surface area contributed by atoms with Crippen LogP contribution in [0.1, 0.15) is 28.7 Å². The highest BCUT2D eigenvalue weighted by atomic mass is 35.5. The summed E-state index contributed by atoms with van der Waals surface area (Å²) in [6, 6.07) is 13.0. The third-order valence-corrected chi connectivity index (χ3v) is 4.28. The lowest BCUT2D eigenvalue weighted by atomic mass is 10.1. The number of nitrogens with one attached hydrogen (secondary N) is 1. The molecule has 134 valence electrons. The highest BCUT2D eigenvalue weighted by Gasteiger charge is 2.09. The Kier molecular flexibility index (Phi) is 5.58. The summed E-state index contributed by atoms with van der Waals surface area (Å²) in [5, 5.41) is 3.33. The largest absolute Gasteiger partial charge is 0.492 e. The topological polar surface area (TPSA) is 56.1 Å². The zero-order valence-corrected chi connectivity index (χ0v) is 15.5. The second-order valence-corrected chi connectivity index (χ2v) is 6.18. The van der Waals surface area contributed by atoms with Crippen LogP contribution in [-0.4, -0.2) is 22.1 Å². The number of hydrogen-bond acceptors (Lipinski definition) is 3. The Morgan fingerprint density at radius 1 is 1.23 bits per heavy atom. The zero-order valence-electron chi connectivity index (χ0n) is 14.7. The quantitative estimate of drug-likeness (QED) is 0.709. The SMILES string of the molecule is CCOc1ccc(C(=O)NCc2ccc(-n3ccnc3C)cc2)cc1Cl. The molecule has 0 atom stereocenters. The number of aryl methyl sites for hydroxylation is 1. The van der Waals surface area contributed by atoms with Crippen molar-refractivity contribution in [1.29, 1.82) is 0 Å². The fourth-order valence-electron chi connectivity index (χ4n) is 2.62. The Hall–Kier alpha value is -2.79. The average molecular weight is 370 g/mol. The molecule has 0 saturated carbocycles. The monoisotopic (exact) mass is 369 g/mol. The van der Waals surface area contributed by atoms with Crippen LogP contribution >= 0.6 is 11.6 Å². The van der Waals surface area contributed by atoms with E-state index in [0.29, 0.717) is 29.5 Å². The van der Waals surface area contributed by atoms with Crippen LogP contribution in [0.3, 0.4) is 0 Å². The summed E-state index contributed by atoms with van der Waals surface area (Å²) in [7, 11) is 0. The van der Waals surface area contributed by atoms with E-state index in [-0.39, 0.29) is 5.91 Å². The molecular weight excluding hydrogens is 350 g/mol. The molecule has 0 saturated heterocycles. The number of hydrogen-bond donors (Lipinski definition) is 1. The van der Waals surface area contributed by atoms with Crippen molar-refractivity contribution < 1.29 is 9.53 Å². The standard InChI is InChI=1S/C20H20ClN3O2/c1-3-26-19-9-6-16(12-18(19)21)20(25)23-13-15-4-7-17(8-5-15)24-11-10-22-14(24)2/h4-12H,3,13H2,1-2H3,(H,23,25). The smallest absolute Gasteiger partial charge is 0.251 e. The highest BCUT2D eigenvalue weighted by Crippen LogP contribution is 2.25. The van der Waals surface area contributed by atoms with Gasteiger partial charge in [-0.25, -0.2) is 4.98 Å². The van der Waals surface area contributed by atoms with Gasteiger partial charge in [-0.05, 0) is 49.7 Å². The average Bonchev–Trinajstić information content (AvgIpc) is 3.08. The van der Waals surface area contributed by atoms with Crippen LogP contribution < -0.4 is 10.1 Å². The van der Waals surface area contributed by atoms with E-state index in [0.717, 1.165) is 17.1 Å². The zero-order chi connectivity index (χ0) is 18.5. The fourth-order valence-corrected chi connectivity index (χ4v) is 2.86. The molecule has 3 rings (SSSR count). The molecule has 0 unspecified atom stereocenters. The molecule has 0 bridgehead atoms. The van der Waals surface area contributed by atoms with Gasteiger partial charge in [0.15, 0.2) is 0 Å². The maximum atomic E-state index is 12.3. The lowest BCUT2D eigenvalue weighted by molar-refractivity contribution is 0.0951. The van der Waals surface area contributed by atoms with Crippen molar-refractivity contribution in [2.45, 2.75) is 20.4 Å². The fraction of sp³-hybridized carbons (Fsp3) is 0.200. The number of nitrogens with zero attached hydrogens (tertiary/aromatic N) is 2. The van der Waals surface area contributed by atoms with Crippen molar-refractivity contribution in [2.24, 2.45) is 0 Å². The third-order valence-electron chi connectivity index (χ3n) is 3.99. The van der Waals surface area contributed by atoms with Gasteiger partial charge in [-0.1, -0.05) is 23.7 Å². The van der Waals surface area contributed by atoms with Gasteiger partial charge < -0.3 is 14.6 Å². The highest BCUT2D eigenvalue weighted by molar-refractivity contribution is 6.32. The Morgan fingerprint density at radius 2 is 2.00 bits per heavy atom. The molecule has 26 heavy (non-hydrogen) atoms. The Labute approximate surface area is 157 Å². The van der Waals surface area contributed by atoms with Crippen LogP contribution in [0.25, 0.3) is 5.69 Å². The van der Waals surface area contributed by atoms with Crippen molar-refractivity contribution in [3.8, 4) is 11.4 Å². The van der Waals surface area contributed by atoms with E-state index in [4.69, 9.17) is 16.3 Å². The van der Waals surface area contributed by atoms with E-state index < -0.39 is 0 Å². The van der Waals surface area contributed by atoms with Crippen molar-refractivity contribution in [3.05, 3.63) is 76.8 Å². The number of rotatable bonds is 6. The lowest BCUT2D eigenvalue weighted by Crippen LogP contribution is -2.22. The van der Waals surface area contributed by atoms with Crippen molar-refractivity contribution in [1.82, 2.24) is 14.9 Å². The number of halogens is 1. The van der Waals surface area contributed by atoms with Crippen molar-refractivity contribution >= 4 is 17.5 Å². The second kappa shape index (κ2) is 8.06. The summed E-state index contributed by atoms with van der Waals surface area (Å²) in [5.41, 5.74) is 2.55. The van der Waals surface area contributed by atoms with Gasteiger partial charge in [0.1, 0.15) is 11.6 Å². The number of aromatic nitrogens is 2. The molecule has 1 aromatic heterocycles. The Bertz CT molecular complexity index is 904. The van der Waals surface area contributed by atoms with Crippen LogP contribution in [0.5, 0.6) is 5.75 Å². The van der Waals surface area contributed by atoms with E-state index >= 15 is 0 Å². The molecule has 0 spiro atoms. The van der Waals surface area contributed by atoms with Crippen LogP contribution in [0, 0.1) is 6.92 Å². The number of carbonyl (C=O) groups excluding carboxylic acids is 1. The molecule has 0 radical (unpaired) electrons. The number of benzene rings is 2. The van der Waals surface area contributed by atoms with Gasteiger partial charge in [0.25, 0.3) is 5.91 Å².